The van der Waals surface area contributed by atoms with Crippen LogP contribution in [0.25, 0.3) is 0 Å². The zero-order valence-corrected chi connectivity index (χ0v) is 6.43. The molecule has 0 N–H and O–H groups in total. The van der Waals surface area contributed by atoms with Crippen LogP contribution in [-0.4, -0.2) is 18.6 Å². The van der Waals surface area contributed by atoms with Gasteiger partial charge in [0.2, 0.25) is 0 Å². The fourth-order valence-electron chi connectivity index (χ4n) is 0.382. The van der Waals surface area contributed by atoms with Crippen molar-refractivity contribution in [2.45, 2.75) is 13.2 Å². The van der Waals surface area contributed by atoms with E-state index in [-0.39, 0.29) is 12.4 Å². The maximum atomic E-state index is 9.77. The van der Waals surface area contributed by atoms with Crippen molar-refractivity contribution in [1.29, 1.82) is 0 Å². The summed E-state index contributed by atoms with van der Waals surface area (Å²) >= 11 is 5.34. The standard InChI is InChI=1S/C6H9ClO3/c1-5(2)10-6(3-7)9-4-8/h4,6H,1,3H2,2H3. The molecule has 0 aromatic carbocycles. The Bertz CT molecular complexity index is 124. The molecule has 0 aromatic rings. The minimum Gasteiger partial charge on any atom is -0.459 e. The minimum absolute atomic E-state index is 0.103. The predicted octanol–water partition coefficient (Wildman–Crippen LogP) is 1.27. The molecule has 0 spiro atoms. The van der Waals surface area contributed by atoms with Gasteiger partial charge in [0, 0.05) is 0 Å². The molecule has 0 aliphatic heterocycles. The van der Waals surface area contributed by atoms with Crippen LogP contribution < -0.4 is 0 Å². The van der Waals surface area contributed by atoms with Crippen LogP contribution in [0.3, 0.4) is 0 Å². The zero-order valence-electron chi connectivity index (χ0n) is 5.67. The summed E-state index contributed by atoms with van der Waals surface area (Å²) in [5.41, 5.74) is 0. The van der Waals surface area contributed by atoms with E-state index in [2.05, 4.69) is 11.3 Å². The van der Waals surface area contributed by atoms with Crippen molar-refractivity contribution in [2.75, 3.05) is 5.88 Å². The van der Waals surface area contributed by atoms with Gasteiger partial charge >= 0.3 is 0 Å². The predicted molar refractivity (Wildman–Crippen MR) is 37.6 cm³/mol. The summed E-state index contributed by atoms with van der Waals surface area (Å²) in [6.07, 6.45) is -0.711. The number of alkyl halides is 1. The lowest BCUT2D eigenvalue weighted by atomic mass is 10.6. The molecule has 0 amide bonds. The second kappa shape index (κ2) is 5.11. The van der Waals surface area contributed by atoms with Gasteiger partial charge in [-0.3, -0.25) is 4.79 Å². The van der Waals surface area contributed by atoms with Gasteiger partial charge in [0.1, 0.15) is 0 Å². The fourth-order valence-corrected chi connectivity index (χ4v) is 0.518. The van der Waals surface area contributed by atoms with Crippen LogP contribution in [0.5, 0.6) is 0 Å². The molecule has 0 heterocycles. The summed E-state index contributed by atoms with van der Waals surface area (Å²) in [5.74, 6) is 0.568. The van der Waals surface area contributed by atoms with Gasteiger partial charge < -0.3 is 9.47 Å². The lowest BCUT2D eigenvalue weighted by Gasteiger charge is -2.13. The average Bonchev–Trinajstić information content (AvgIpc) is 1.86. The number of carbonyl (C=O) groups is 1. The molecular weight excluding hydrogens is 156 g/mol. The van der Waals surface area contributed by atoms with Gasteiger partial charge in [-0.15, -0.1) is 11.6 Å². The van der Waals surface area contributed by atoms with E-state index in [1.165, 1.54) is 0 Å². The maximum absolute atomic E-state index is 9.77. The van der Waals surface area contributed by atoms with Gasteiger partial charge in [0.05, 0.1) is 11.6 Å². The topological polar surface area (TPSA) is 35.5 Å². The molecule has 0 radical (unpaired) electrons. The van der Waals surface area contributed by atoms with Crippen molar-refractivity contribution >= 4 is 18.1 Å². The van der Waals surface area contributed by atoms with Gasteiger partial charge in [-0.25, -0.2) is 0 Å². The maximum Gasteiger partial charge on any atom is 0.296 e. The lowest BCUT2D eigenvalue weighted by molar-refractivity contribution is -0.151. The fraction of sp³-hybridized carbons (Fsp3) is 0.500. The molecule has 3 nitrogen and oxygen atoms in total. The van der Waals surface area contributed by atoms with E-state index < -0.39 is 6.29 Å². The van der Waals surface area contributed by atoms with Crippen molar-refractivity contribution in [3.05, 3.63) is 12.3 Å². The quantitative estimate of drug-likeness (QED) is 0.266. The van der Waals surface area contributed by atoms with Crippen molar-refractivity contribution in [1.82, 2.24) is 0 Å². The normalized spacial score (nSPS) is 11.8. The average molecular weight is 165 g/mol. The van der Waals surface area contributed by atoms with Crippen molar-refractivity contribution in [3.8, 4) is 0 Å². The molecule has 0 rings (SSSR count). The van der Waals surface area contributed by atoms with Crippen LogP contribution in [0, 0.1) is 0 Å². The molecule has 0 saturated carbocycles. The summed E-state index contributed by atoms with van der Waals surface area (Å²) in [5, 5.41) is 0. The Morgan fingerprint density at radius 1 is 1.90 bits per heavy atom. The van der Waals surface area contributed by atoms with Crippen molar-refractivity contribution in [3.63, 3.8) is 0 Å². The number of halogens is 1. The highest BCUT2D eigenvalue weighted by Crippen LogP contribution is 2.01. The summed E-state index contributed by atoms with van der Waals surface area (Å²) < 4.78 is 9.27. The minimum atomic E-state index is -0.711. The molecule has 0 saturated heterocycles. The molecule has 0 bridgehead atoms. The number of rotatable bonds is 5. The monoisotopic (exact) mass is 164 g/mol. The first-order valence-electron chi connectivity index (χ1n) is 2.68. The van der Waals surface area contributed by atoms with E-state index in [0.29, 0.717) is 5.76 Å². The number of allylic oxidation sites excluding steroid dienone is 1. The molecule has 0 aromatic heterocycles. The third-order valence-corrected chi connectivity index (χ3v) is 0.918. The van der Waals surface area contributed by atoms with Crippen LogP contribution in [-0.2, 0) is 14.3 Å². The highest BCUT2D eigenvalue weighted by molar-refractivity contribution is 6.18. The smallest absolute Gasteiger partial charge is 0.296 e. The van der Waals surface area contributed by atoms with Gasteiger partial charge in [-0.1, -0.05) is 6.58 Å². The number of hydrogen-bond donors (Lipinski definition) is 0. The third kappa shape index (κ3) is 4.21. The van der Waals surface area contributed by atoms with E-state index in [0.717, 1.165) is 0 Å². The Morgan fingerprint density at radius 2 is 2.50 bits per heavy atom. The van der Waals surface area contributed by atoms with Gasteiger partial charge in [-0.05, 0) is 6.92 Å². The van der Waals surface area contributed by atoms with Crippen LogP contribution in [0.4, 0.5) is 0 Å². The number of ether oxygens (including phenoxy) is 2. The molecule has 1 unspecified atom stereocenters. The Kier molecular flexibility index (Phi) is 4.76. The van der Waals surface area contributed by atoms with Crippen LogP contribution in [0.1, 0.15) is 6.92 Å². The molecule has 0 fully saturated rings. The first-order valence-corrected chi connectivity index (χ1v) is 3.21. The first-order chi connectivity index (χ1) is 4.70. The van der Waals surface area contributed by atoms with Crippen LogP contribution >= 0.6 is 11.6 Å². The van der Waals surface area contributed by atoms with Crippen LogP contribution in [0.2, 0.25) is 0 Å². The van der Waals surface area contributed by atoms with E-state index in [1.54, 1.807) is 6.92 Å². The Balaban J connectivity index is 3.59. The van der Waals surface area contributed by atoms with Gasteiger partial charge in [0.25, 0.3) is 12.8 Å². The molecule has 1 atom stereocenters. The molecule has 10 heavy (non-hydrogen) atoms. The molecule has 0 aliphatic rings. The largest absolute Gasteiger partial charge is 0.459 e. The lowest BCUT2D eigenvalue weighted by Crippen LogP contribution is -2.16. The van der Waals surface area contributed by atoms with Crippen LogP contribution in [0.15, 0.2) is 12.3 Å². The Labute approximate surface area is 64.6 Å². The van der Waals surface area contributed by atoms with Gasteiger partial charge in [-0.2, -0.15) is 0 Å². The van der Waals surface area contributed by atoms with E-state index >= 15 is 0 Å². The third-order valence-electron chi connectivity index (χ3n) is 0.666. The molecule has 58 valence electrons. The molecule has 4 heteroatoms. The second-order valence-electron chi connectivity index (χ2n) is 1.64. The summed E-state index contributed by atoms with van der Waals surface area (Å²) in [4.78, 5) is 9.77. The molecule has 0 aliphatic carbocycles. The molecular formula is C6H9ClO3. The number of hydrogen-bond acceptors (Lipinski definition) is 3. The van der Waals surface area contributed by atoms with Gasteiger partial charge in [0.15, 0.2) is 0 Å². The van der Waals surface area contributed by atoms with E-state index in [4.69, 9.17) is 16.3 Å². The zero-order chi connectivity index (χ0) is 7.98. The first kappa shape index (κ1) is 9.30. The second-order valence-corrected chi connectivity index (χ2v) is 1.94. The van der Waals surface area contributed by atoms with E-state index in [1.807, 2.05) is 0 Å². The Hall–Kier alpha value is -0.700. The Morgan fingerprint density at radius 3 is 2.80 bits per heavy atom. The highest BCUT2D eigenvalue weighted by Gasteiger charge is 2.06. The SMILES string of the molecule is C=C(C)OC(CCl)OC=O. The van der Waals surface area contributed by atoms with Crippen molar-refractivity contribution < 1.29 is 14.3 Å². The highest BCUT2D eigenvalue weighted by atomic mass is 35.5. The summed E-state index contributed by atoms with van der Waals surface area (Å²) in [6, 6.07) is 0. The number of carbonyl (C=O) groups excluding carboxylic acids is 1. The van der Waals surface area contributed by atoms with E-state index in [9.17, 15) is 4.79 Å². The summed E-state index contributed by atoms with van der Waals surface area (Å²) in [6.45, 7) is 5.38. The van der Waals surface area contributed by atoms with Crippen molar-refractivity contribution in [2.24, 2.45) is 0 Å². The summed E-state index contributed by atoms with van der Waals surface area (Å²) in [7, 11) is 0.